The smallest absolute Gasteiger partial charge is 0.273 e. The van der Waals surface area contributed by atoms with E-state index >= 15 is 0 Å². The normalized spacial score (nSPS) is 18.4. The summed E-state index contributed by atoms with van der Waals surface area (Å²) in [6, 6.07) is 1.91. The molecule has 1 aliphatic heterocycles. The van der Waals surface area contributed by atoms with Crippen LogP contribution < -0.4 is 5.32 Å². The number of hydrogen-bond acceptors (Lipinski definition) is 6. The molecule has 1 aliphatic rings. The van der Waals surface area contributed by atoms with Gasteiger partial charge in [0, 0.05) is 50.0 Å². The Balaban J connectivity index is 1.52. The van der Waals surface area contributed by atoms with E-state index < -0.39 is 0 Å². The molecule has 0 saturated carbocycles. The van der Waals surface area contributed by atoms with Crippen molar-refractivity contribution in [2.24, 2.45) is 7.05 Å². The summed E-state index contributed by atoms with van der Waals surface area (Å²) in [7, 11) is 1.96. The van der Waals surface area contributed by atoms with E-state index in [4.69, 9.17) is 9.26 Å². The highest BCUT2D eigenvalue weighted by molar-refractivity contribution is 5.92. The quantitative estimate of drug-likeness (QED) is 0.841. The Morgan fingerprint density at radius 2 is 2.28 bits per heavy atom. The van der Waals surface area contributed by atoms with Crippen LogP contribution >= 0.6 is 0 Å². The second-order valence-electron chi connectivity index (χ2n) is 6.45. The molecule has 3 heterocycles. The zero-order valence-electron chi connectivity index (χ0n) is 15.0. The van der Waals surface area contributed by atoms with E-state index in [1.807, 2.05) is 17.9 Å². The highest BCUT2D eigenvalue weighted by Gasteiger charge is 2.24. The minimum atomic E-state index is -0.205. The Kier molecular flexibility index (Phi) is 5.50. The van der Waals surface area contributed by atoms with Crippen molar-refractivity contribution in [1.29, 1.82) is 0 Å². The number of nitrogens with zero attached hydrogens (tertiary/aromatic N) is 4. The van der Waals surface area contributed by atoms with Gasteiger partial charge in [0.15, 0.2) is 5.69 Å². The molecule has 0 bridgehead atoms. The van der Waals surface area contributed by atoms with Gasteiger partial charge in [-0.25, -0.2) is 0 Å². The molecule has 8 nitrogen and oxygen atoms in total. The fraction of sp³-hybridized carbons (Fsp3) is 0.588. The van der Waals surface area contributed by atoms with Gasteiger partial charge < -0.3 is 14.6 Å². The lowest BCUT2D eigenvalue weighted by molar-refractivity contribution is -0.0142. The van der Waals surface area contributed by atoms with Crippen molar-refractivity contribution < 1.29 is 14.1 Å². The van der Waals surface area contributed by atoms with E-state index in [0.717, 1.165) is 26.1 Å². The van der Waals surface area contributed by atoms with Gasteiger partial charge in [0.1, 0.15) is 5.76 Å². The van der Waals surface area contributed by atoms with E-state index in [0.29, 0.717) is 24.6 Å². The van der Waals surface area contributed by atoms with Crippen molar-refractivity contribution >= 4 is 5.91 Å². The fourth-order valence-corrected chi connectivity index (χ4v) is 3.00. The highest BCUT2D eigenvalue weighted by atomic mass is 16.5. The topological polar surface area (TPSA) is 85.4 Å². The molecule has 0 spiro atoms. The maximum Gasteiger partial charge on any atom is 0.273 e. The third-order valence-corrected chi connectivity index (χ3v) is 4.68. The second kappa shape index (κ2) is 7.79. The average molecular weight is 347 g/mol. The number of nitrogens with one attached hydrogen (secondary N) is 1. The van der Waals surface area contributed by atoms with E-state index in [1.165, 1.54) is 11.3 Å². The first-order chi connectivity index (χ1) is 12.0. The lowest BCUT2D eigenvalue weighted by atomic mass is 10.1. The molecule has 1 N–H and O–H groups in total. The molecule has 0 aromatic carbocycles. The van der Waals surface area contributed by atoms with E-state index in [-0.39, 0.29) is 11.9 Å². The van der Waals surface area contributed by atoms with Gasteiger partial charge in [0.05, 0.1) is 19.4 Å². The van der Waals surface area contributed by atoms with Crippen LogP contribution in [0, 0.1) is 13.8 Å². The van der Waals surface area contributed by atoms with Crippen LogP contribution in [-0.2, 0) is 18.3 Å². The fourth-order valence-electron chi connectivity index (χ4n) is 3.00. The first-order valence-electron chi connectivity index (χ1n) is 8.55. The predicted molar refractivity (Wildman–Crippen MR) is 91.2 cm³/mol. The molecule has 136 valence electrons. The molecule has 1 saturated heterocycles. The number of amides is 1. The number of aryl methyl sites for hydroxylation is 2. The van der Waals surface area contributed by atoms with Gasteiger partial charge in [-0.3, -0.25) is 14.4 Å². The van der Waals surface area contributed by atoms with Crippen LogP contribution in [0.4, 0.5) is 0 Å². The van der Waals surface area contributed by atoms with Crippen molar-refractivity contribution in [3.63, 3.8) is 0 Å². The van der Waals surface area contributed by atoms with Crippen LogP contribution in [0.1, 0.15) is 33.9 Å². The Morgan fingerprint density at radius 3 is 2.96 bits per heavy atom. The molecule has 2 aromatic rings. The Morgan fingerprint density at radius 1 is 1.44 bits per heavy atom. The van der Waals surface area contributed by atoms with Gasteiger partial charge in [0.2, 0.25) is 0 Å². The van der Waals surface area contributed by atoms with Crippen LogP contribution in [0.3, 0.4) is 0 Å². The summed E-state index contributed by atoms with van der Waals surface area (Å²) in [5.41, 5.74) is 2.73. The van der Waals surface area contributed by atoms with Crippen molar-refractivity contribution in [3.05, 3.63) is 35.0 Å². The third kappa shape index (κ3) is 4.26. The molecule has 1 atom stereocenters. The lowest BCUT2D eigenvalue weighted by Crippen LogP contribution is -2.46. The molecule has 25 heavy (non-hydrogen) atoms. The SMILES string of the molecule is Cc1cc(C(=O)NCCC2COCCN2Cc2cnn(C)c2C)no1. The summed E-state index contributed by atoms with van der Waals surface area (Å²) in [6.07, 6.45) is 2.75. The Hall–Kier alpha value is -2.19. The Bertz CT molecular complexity index is 724. The molecular formula is C17H25N5O3. The zero-order valence-corrected chi connectivity index (χ0v) is 15.0. The predicted octanol–water partition coefficient (Wildman–Crippen LogP) is 1.05. The second-order valence-corrected chi connectivity index (χ2v) is 6.45. The maximum atomic E-state index is 12.0. The molecule has 0 radical (unpaired) electrons. The highest BCUT2D eigenvalue weighted by Crippen LogP contribution is 2.16. The van der Waals surface area contributed by atoms with Gasteiger partial charge in [-0.2, -0.15) is 5.10 Å². The number of aromatic nitrogens is 3. The Labute approximate surface area is 147 Å². The van der Waals surface area contributed by atoms with Crippen LogP contribution in [0.25, 0.3) is 0 Å². The van der Waals surface area contributed by atoms with Gasteiger partial charge in [-0.1, -0.05) is 5.16 Å². The minimum absolute atomic E-state index is 0.205. The number of carbonyl (C=O) groups excluding carboxylic acids is 1. The summed E-state index contributed by atoms with van der Waals surface area (Å²) in [5, 5.41) is 10.9. The summed E-state index contributed by atoms with van der Waals surface area (Å²) in [5.74, 6) is 0.423. The van der Waals surface area contributed by atoms with Crippen LogP contribution in [-0.4, -0.2) is 58.1 Å². The summed E-state index contributed by atoms with van der Waals surface area (Å²) in [4.78, 5) is 14.4. The van der Waals surface area contributed by atoms with E-state index in [9.17, 15) is 4.79 Å². The van der Waals surface area contributed by atoms with Crippen molar-refractivity contribution in [2.75, 3.05) is 26.3 Å². The number of morpholine rings is 1. The average Bonchev–Trinajstić information content (AvgIpc) is 3.17. The number of ether oxygens (including phenoxy) is 1. The molecule has 2 aromatic heterocycles. The molecule has 3 rings (SSSR count). The number of hydrogen-bond donors (Lipinski definition) is 1. The standard InChI is InChI=1S/C17H25N5O3/c1-12-8-16(20-25-12)17(23)18-5-4-15-11-24-7-6-22(15)10-14-9-19-21(3)13(14)2/h8-9,15H,4-7,10-11H2,1-3H3,(H,18,23). The van der Waals surface area contributed by atoms with Gasteiger partial charge >= 0.3 is 0 Å². The number of rotatable bonds is 6. The molecule has 0 aliphatic carbocycles. The van der Waals surface area contributed by atoms with Crippen molar-refractivity contribution in [1.82, 2.24) is 25.2 Å². The lowest BCUT2D eigenvalue weighted by Gasteiger charge is -2.35. The van der Waals surface area contributed by atoms with E-state index in [1.54, 1.807) is 13.0 Å². The van der Waals surface area contributed by atoms with Gasteiger partial charge in [-0.15, -0.1) is 0 Å². The largest absolute Gasteiger partial charge is 0.378 e. The van der Waals surface area contributed by atoms with Gasteiger partial charge in [0.25, 0.3) is 5.91 Å². The summed E-state index contributed by atoms with van der Waals surface area (Å²) < 4.78 is 12.5. The monoisotopic (exact) mass is 347 g/mol. The maximum absolute atomic E-state index is 12.0. The van der Waals surface area contributed by atoms with Crippen LogP contribution in [0.5, 0.6) is 0 Å². The molecule has 8 heteroatoms. The number of carbonyl (C=O) groups is 1. The first kappa shape index (κ1) is 17.6. The van der Waals surface area contributed by atoms with Crippen LogP contribution in [0.2, 0.25) is 0 Å². The van der Waals surface area contributed by atoms with E-state index in [2.05, 4.69) is 27.4 Å². The summed E-state index contributed by atoms with van der Waals surface area (Å²) >= 11 is 0. The third-order valence-electron chi connectivity index (χ3n) is 4.68. The summed E-state index contributed by atoms with van der Waals surface area (Å²) in [6.45, 7) is 7.57. The molecule has 1 amide bonds. The first-order valence-corrected chi connectivity index (χ1v) is 8.55. The molecule has 1 fully saturated rings. The van der Waals surface area contributed by atoms with Crippen LogP contribution in [0.15, 0.2) is 16.8 Å². The molecular weight excluding hydrogens is 322 g/mol. The van der Waals surface area contributed by atoms with Gasteiger partial charge in [-0.05, 0) is 20.3 Å². The zero-order chi connectivity index (χ0) is 17.8. The van der Waals surface area contributed by atoms with Crippen molar-refractivity contribution in [2.45, 2.75) is 32.9 Å². The molecule has 1 unspecified atom stereocenters. The minimum Gasteiger partial charge on any atom is -0.378 e. The van der Waals surface area contributed by atoms with Crippen molar-refractivity contribution in [3.8, 4) is 0 Å².